The number of aliphatic hydroxyl groups is 1. The van der Waals surface area contributed by atoms with E-state index in [-0.39, 0.29) is 23.8 Å². The maximum atomic E-state index is 12.3. The van der Waals surface area contributed by atoms with Crippen LogP contribution in [-0.4, -0.2) is 61.9 Å². The van der Waals surface area contributed by atoms with Gasteiger partial charge in [0.15, 0.2) is 0 Å². The van der Waals surface area contributed by atoms with E-state index < -0.39 is 0 Å². The molecule has 1 amide bonds. The van der Waals surface area contributed by atoms with E-state index in [4.69, 9.17) is 4.74 Å². The highest BCUT2D eigenvalue weighted by atomic mass is 16.5. The topological polar surface area (TPSA) is 61.8 Å². The lowest BCUT2D eigenvalue weighted by atomic mass is 9.84. The fraction of sp³-hybridized carbons (Fsp3) is 0.938. The number of ether oxygens (including phenoxy) is 1. The van der Waals surface area contributed by atoms with Gasteiger partial charge in [-0.2, -0.15) is 0 Å². The smallest absolute Gasteiger partial charge is 0.224 e. The van der Waals surface area contributed by atoms with Crippen LogP contribution >= 0.6 is 0 Å². The van der Waals surface area contributed by atoms with Gasteiger partial charge in [-0.05, 0) is 31.7 Å². The van der Waals surface area contributed by atoms with E-state index in [1.54, 1.807) is 0 Å². The summed E-state index contributed by atoms with van der Waals surface area (Å²) >= 11 is 0. The first-order chi connectivity index (χ1) is 10.0. The molecule has 2 fully saturated rings. The summed E-state index contributed by atoms with van der Waals surface area (Å²) in [6.45, 7) is 9.59. The van der Waals surface area contributed by atoms with Crippen LogP contribution in [0.15, 0.2) is 0 Å². The summed E-state index contributed by atoms with van der Waals surface area (Å²) in [5.74, 6) is 0.943. The lowest BCUT2D eigenvalue weighted by Crippen LogP contribution is -2.42. The molecule has 0 spiro atoms. The highest BCUT2D eigenvalue weighted by Gasteiger charge is 2.36. The molecule has 2 rings (SSSR count). The zero-order chi connectivity index (χ0) is 15.3. The van der Waals surface area contributed by atoms with Crippen molar-refractivity contribution in [2.24, 2.45) is 17.3 Å². The van der Waals surface area contributed by atoms with Crippen LogP contribution in [0.4, 0.5) is 0 Å². The predicted octanol–water partition coefficient (Wildman–Crippen LogP) is 0.870. The molecule has 0 aromatic rings. The van der Waals surface area contributed by atoms with Crippen molar-refractivity contribution in [3.8, 4) is 0 Å². The first-order valence-electron chi connectivity index (χ1n) is 8.23. The van der Waals surface area contributed by atoms with E-state index in [0.717, 1.165) is 39.1 Å². The van der Waals surface area contributed by atoms with Crippen molar-refractivity contribution in [1.82, 2.24) is 10.2 Å². The third kappa shape index (κ3) is 4.66. The van der Waals surface area contributed by atoms with Crippen LogP contribution < -0.4 is 5.32 Å². The first-order valence-corrected chi connectivity index (χ1v) is 8.23. The minimum atomic E-state index is -0.0549. The van der Waals surface area contributed by atoms with Gasteiger partial charge >= 0.3 is 0 Å². The van der Waals surface area contributed by atoms with Crippen molar-refractivity contribution >= 4 is 5.91 Å². The Labute approximate surface area is 128 Å². The Kier molecular flexibility index (Phi) is 6.02. The maximum Gasteiger partial charge on any atom is 0.224 e. The SMILES string of the molecule is CC(C)CN1CCC(C(=O)NCC2(CCO)CCOC2)C1. The van der Waals surface area contributed by atoms with Crippen LogP contribution in [0.1, 0.15) is 33.1 Å². The van der Waals surface area contributed by atoms with Gasteiger partial charge in [-0.3, -0.25) is 4.79 Å². The summed E-state index contributed by atoms with van der Waals surface area (Å²) in [7, 11) is 0. The van der Waals surface area contributed by atoms with Gasteiger partial charge in [-0.15, -0.1) is 0 Å². The highest BCUT2D eigenvalue weighted by molar-refractivity contribution is 5.79. The zero-order valence-corrected chi connectivity index (χ0v) is 13.4. The van der Waals surface area contributed by atoms with Gasteiger partial charge < -0.3 is 20.1 Å². The Morgan fingerprint density at radius 3 is 2.95 bits per heavy atom. The minimum absolute atomic E-state index is 0.0549. The number of carbonyl (C=O) groups is 1. The fourth-order valence-corrected chi connectivity index (χ4v) is 3.46. The van der Waals surface area contributed by atoms with Gasteiger partial charge in [-0.1, -0.05) is 13.8 Å². The third-order valence-corrected chi connectivity index (χ3v) is 4.73. The number of likely N-dealkylation sites (tertiary alicyclic amines) is 1. The summed E-state index contributed by atoms with van der Waals surface area (Å²) in [5.41, 5.74) is -0.0549. The number of rotatable bonds is 7. The largest absolute Gasteiger partial charge is 0.396 e. The highest BCUT2D eigenvalue weighted by Crippen LogP contribution is 2.31. The molecule has 2 heterocycles. The van der Waals surface area contributed by atoms with Crippen LogP contribution in [0.5, 0.6) is 0 Å². The second-order valence-electron chi connectivity index (χ2n) is 7.13. The van der Waals surface area contributed by atoms with Crippen LogP contribution in [0.3, 0.4) is 0 Å². The zero-order valence-electron chi connectivity index (χ0n) is 13.4. The van der Waals surface area contributed by atoms with E-state index in [2.05, 4.69) is 24.1 Å². The Balaban J connectivity index is 1.77. The van der Waals surface area contributed by atoms with Crippen LogP contribution in [-0.2, 0) is 9.53 Å². The van der Waals surface area contributed by atoms with Crippen LogP contribution in [0.25, 0.3) is 0 Å². The average molecular weight is 298 g/mol. The maximum absolute atomic E-state index is 12.3. The molecule has 0 aromatic heterocycles. The van der Waals surface area contributed by atoms with Gasteiger partial charge in [0.1, 0.15) is 0 Å². The molecule has 21 heavy (non-hydrogen) atoms. The van der Waals surface area contributed by atoms with E-state index in [0.29, 0.717) is 25.5 Å². The Hall–Kier alpha value is -0.650. The van der Waals surface area contributed by atoms with Gasteiger partial charge in [0.2, 0.25) is 5.91 Å². The molecule has 2 aliphatic heterocycles. The van der Waals surface area contributed by atoms with Crippen molar-refractivity contribution in [2.75, 3.05) is 46.0 Å². The molecule has 5 heteroatoms. The Bertz CT molecular complexity index is 340. The summed E-state index contributed by atoms with van der Waals surface area (Å²) in [6.07, 6.45) is 2.59. The average Bonchev–Trinajstić information content (AvgIpc) is 3.06. The van der Waals surface area contributed by atoms with Crippen molar-refractivity contribution < 1.29 is 14.6 Å². The molecule has 2 saturated heterocycles. The second-order valence-corrected chi connectivity index (χ2v) is 7.13. The molecule has 2 atom stereocenters. The monoisotopic (exact) mass is 298 g/mol. The molecule has 2 unspecified atom stereocenters. The molecular weight excluding hydrogens is 268 g/mol. The molecule has 2 aliphatic rings. The van der Waals surface area contributed by atoms with E-state index >= 15 is 0 Å². The molecule has 0 aromatic carbocycles. The molecule has 0 aliphatic carbocycles. The van der Waals surface area contributed by atoms with Gasteiger partial charge in [0.05, 0.1) is 12.5 Å². The van der Waals surface area contributed by atoms with E-state index in [1.807, 2.05) is 0 Å². The number of hydrogen-bond donors (Lipinski definition) is 2. The lowest BCUT2D eigenvalue weighted by Gasteiger charge is -2.27. The molecule has 0 radical (unpaired) electrons. The normalized spacial score (nSPS) is 30.2. The predicted molar refractivity (Wildman–Crippen MR) is 82.0 cm³/mol. The number of hydrogen-bond acceptors (Lipinski definition) is 4. The quantitative estimate of drug-likeness (QED) is 0.732. The number of aliphatic hydroxyl groups excluding tert-OH is 1. The third-order valence-electron chi connectivity index (χ3n) is 4.73. The summed E-state index contributed by atoms with van der Waals surface area (Å²) in [6, 6.07) is 0. The van der Waals surface area contributed by atoms with Crippen LogP contribution in [0.2, 0.25) is 0 Å². The fourth-order valence-electron chi connectivity index (χ4n) is 3.46. The minimum Gasteiger partial charge on any atom is -0.396 e. The van der Waals surface area contributed by atoms with Gasteiger partial charge in [-0.25, -0.2) is 0 Å². The number of nitrogens with zero attached hydrogens (tertiary/aromatic N) is 1. The van der Waals surface area contributed by atoms with Crippen molar-refractivity contribution in [3.63, 3.8) is 0 Å². The van der Waals surface area contributed by atoms with Crippen LogP contribution in [0, 0.1) is 17.3 Å². The second kappa shape index (κ2) is 7.56. The van der Waals surface area contributed by atoms with E-state index in [1.165, 1.54) is 0 Å². The van der Waals surface area contributed by atoms with Crippen molar-refractivity contribution in [2.45, 2.75) is 33.1 Å². The molecule has 122 valence electrons. The number of nitrogens with one attached hydrogen (secondary N) is 1. The molecule has 0 bridgehead atoms. The van der Waals surface area contributed by atoms with Crippen molar-refractivity contribution in [1.29, 1.82) is 0 Å². The molecule has 5 nitrogen and oxygen atoms in total. The summed E-state index contributed by atoms with van der Waals surface area (Å²) in [5, 5.41) is 12.3. The standard InChI is InChI=1S/C16H30N2O3/c1-13(2)9-18-6-3-14(10-18)15(20)17-11-16(4-7-19)5-8-21-12-16/h13-14,19H,3-12H2,1-2H3,(H,17,20). The summed E-state index contributed by atoms with van der Waals surface area (Å²) < 4.78 is 5.46. The van der Waals surface area contributed by atoms with Gasteiger partial charge in [0.25, 0.3) is 0 Å². The first kappa shape index (κ1) is 16.7. The van der Waals surface area contributed by atoms with Crippen molar-refractivity contribution in [3.05, 3.63) is 0 Å². The molecular formula is C16H30N2O3. The number of amides is 1. The van der Waals surface area contributed by atoms with E-state index in [9.17, 15) is 9.90 Å². The van der Waals surface area contributed by atoms with Gasteiger partial charge in [0, 0.05) is 38.3 Å². The Morgan fingerprint density at radius 1 is 1.52 bits per heavy atom. The Morgan fingerprint density at radius 2 is 2.33 bits per heavy atom. The molecule has 0 saturated carbocycles. The lowest BCUT2D eigenvalue weighted by molar-refractivity contribution is -0.125. The number of carbonyl (C=O) groups excluding carboxylic acids is 1. The summed E-state index contributed by atoms with van der Waals surface area (Å²) in [4.78, 5) is 14.7. The molecule has 2 N–H and O–H groups in total.